The van der Waals surface area contributed by atoms with Crippen LogP contribution < -0.4 is 20.5 Å². The van der Waals surface area contributed by atoms with E-state index in [2.05, 4.69) is 5.32 Å². The molecule has 1 fully saturated rings. The summed E-state index contributed by atoms with van der Waals surface area (Å²) in [6.07, 6.45) is 3.27. The molecule has 0 bridgehead atoms. The van der Waals surface area contributed by atoms with E-state index in [4.69, 9.17) is 15.2 Å². The number of carbonyl (C=O) groups is 2. The summed E-state index contributed by atoms with van der Waals surface area (Å²) in [5, 5.41) is 3.20. The standard InChI is InChI=1S/C16H21N3O4/c1-22-14-10-12(2-4-13(14)23-11-15(17)20)3-5-16(21)19-8-6-18-7-9-19/h2-5,10,18H,6-9,11H2,1H3,(H2,17,20)/b5-3+. The van der Waals surface area contributed by atoms with Gasteiger partial charge < -0.3 is 25.4 Å². The summed E-state index contributed by atoms with van der Waals surface area (Å²) in [5.41, 5.74) is 5.85. The largest absolute Gasteiger partial charge is 0.493 e. The van der Waals surface area contributed by atoms with Crippen molar-refractivity contribution in [3.8, 4) is 11.5 Å². The Hall–Kier alpha value is -2.54. The van der Waals surface area contributed by atoms with Gasteiger partial charge in [-0.25, -0.2) is 0 Å². The third kappa shape index (κ3) is 5.00. The van der Waals surface area contributed by atoms with E-state index in [-0.39, 0.29) is 12.5 Å². The van der Waals surface area contributed by atoms with Crippen LogP contribution in [-0.4, -0.2) is 56.6 Å². The number of ether oxygens (including phenoxy) is 2. The fourth-order valence-corrected chi connectivity index (χ4v) is 2.21. The van der Waals surface area contributed by atoms with Crippen LogP contribution in [0, 0.1) is 0 Å². The van der Waals surface area contributed by atoms with E-state index in [1.807, 2.05) is 0 Å². The molecule has 1 aromatic carbocycles. The number of piperazine rings is 1. The highest BCUT2D eigenvalue weighted by Crippen LogP contribution is 2.28. The second-order valence-corrected chi connectivity index (χ2v) is 5.07. The van der Waals surface area contributed by atoms with Crippen molar-refractivity contribution in [2.45, 2.75) is 0 Å². The first-order chi connectivity index (χ1) is 11.1. The van der Waals surface area contributed by atoms with E-state index in [0.29, 0.717) is 24.6 Å². The monoisotopic (exact) mass is 319 g/mol. The zero-order chi connectivity index (χ0) is 16.7. The summed E-state index contributed by atoms with van der Waals surface area (Å²) < 4.78 is 10.5. The number of benzene rings is 1. The van der Waals surface area contributed by atoms with Gasteiger partial charge in [-0.2, -0.15) is 0 Å². The van der Waals surface area contributed by atoms with Crippen LogP contribution in [0.5, 0.6) is 11.5 Å². The van der Waals surface area contributed by atoms with Crippen molar-refractivity contribution in [2.75, 3.05) is 39.9 Å². The predicted molar refractivity (Wildman–Crippen MR) is 86.2 cm³/mol. The molecule has 0 spiro atoms. The highest BCUT2D eigenvalue weighted by molar-refractivity contribution is 5.92. The summed E-state index contributed by atoms with van der Waals surface area (Å²) >= 11 is 0. The Labute approximate surface area is 135 Å². The van der Waals surface area contributed by atoms with Crippen LogP contribution in [-0.2, 0) is 9.59 Å². The van der Waals surface area contributed by atoms with Crippen LogP contribution in [0.3, 0.4) is 0 Å². The van der Waals surface area contributed by atoms with E-state index < -0.39 is 5.91 Å². The third-order valence-corrected chi connectivity index (χ3v) is 3.40. The lowest BCUT2D eigenvalue weighted by Gasteiger charge is -2.26. The molecule has 0 unspecified atom stereocenters. The lowest BCUT2D eigenvalue weighted by Crippen LogP contribution is -2.45. The van der Waals surface area contributed by atoms with Gasteiger partial charge in [-0.1, -0.05) is 6.07 Å². The van der Waals surface area contributed by atoms with Crippen LogP contribution in [0.2, 0.25) is 0 Å². The number of rotatable bonds is 6. The Balaban J connectivity index is 2.03. The number of hydrogen-bond donors (Lipinski definition) is 2. The van der Waals surface area contributed by atoms with Gasteiger partial charge in [-0.3, -0.25) is 9.59 Å². The number of carbonyl (C=O) groups excluding carboxylic acids is 2. The molecule has 1 heterocycles. The highest BCUT2D eigenvalue weighted by atomic mass is 16.5. The van der Waals surface area contributed by atoms with Gasteiger partial charge >= 0.3 is 0 Å². The Kier molecular flexibility index (Phi) is 5.99. The Morgan fingerprint density at radius 2 is 2.04 bits per heavy atom. The van der Waals surface area contributed by atoms with Crippen LogP contribution in [0.25, 0.3) is 6.08 Å². The van der Waals surface area contributed by atoms with E-state index in [1.54, 1.807) is 35.3 Å². The molecule has 0 atom stereocenters. The molecule has 0 aromatic heterocycles. The van der Waals surface area contributed by atoms with Crippen molar-refractivity contribution in [1.82, 2.24) is 10.2 Å². The molecular weight excluding hydrogens is 298 g/mol. The van der Waals surface area contributed by atoms with Crippen molar-refractivity contribution in [2.24, 2.45) is 5.73 Å². The Bertz CT molecular complexity index is 595. The average Bonchev–Trinajstić information content (AvgIpc) is 2.58. The average molecular weight is 319 g/mol. The van der Waals surface area contributed by atoms with Crippen LogP contribution in [0.4, 0.5) is 0 Å². The molecule has 3 N–H and O–H groups in total. The minimum absolute atomic E-state index is 0.0143. The first-order valence-electron chi connectivity index (χ1n) is 7.37. The maximum Gasteiger partial charge on any atom is 0.255 e. The van der Waals surface area contributed by atoms with Gasteiger partial charge in [0.25, 0.3) is 5.91 Å². The zero-order valence-corrected chi connectivity index (χ0v) is 13.1. The van der Waals surface area contributed by atoms with Gasteiger partial charge in [0.05, 0.1) is 7.11 Å². The topological polar surface area (TPSA) is 93.9 Å². The van der Waals surface area contributed by atoms with E-state index in [0.717, 1.165) is 18.7 Å². The van der Waals surface area contributed by atoms with Crippen molar-refractivity contribution in [3.63, 3.8) is 0 Å². The molecule has 2 amide bonds. The molecule has 0 aliphatic carbocycles. The second kappa shape index (κ2) is 8.19. The Morgan fingerprint density at radius 1 is 1.30 bits per heavy atom. The van der Waals surface area contributed by atoms with Crippen molar-refractivity contribution in [1.29, 1.82) is 0 Å². The van der Waals surface area contributed by atoms with Gasteiger partial charge in [0, 0.05) is 32.3 Å². The summed E-state index contributed by atoms with van der Waals surface area (Å²) in [7, 11) is 1.51. The van der Waals surface area contributed by atoms with Gasteiger partial charge in [0.15, 0.2) is 18.1 Å². The molecule has 1 aliphatic heterocycles. The number of nitrogens with one attached hydrogen (secondary N) is 1. The quantitative estimate of drug-likeness (QED) is 0.720. The maximum absolute atomic E-state index is 12.1. The molecule has 0 saturated carbocycles. The van der Waals surface area contributed by atoms with E-state index in [9.17, 15) is 9.59 Å². The second-order valence-electron chi connectivity index (χ2n) is 5.07. The smallest absolute Gasteiger partial charge is 0.255 e. The number of methoxy groups -OCH3 is 1. The van der Waals surface area contributed by atoms with E-state index >= 15 is 0 Å². The summed E-state index contributed by atoms with van der Waals surface area (Å²) in [5.74, 6) is 0.331. The molecule has 124 valence electrons. The number of primary amides is 1. The number of nitrogens with zero attached hydrogens (tertiary/aromatic N) is 1. The molecule has 2 rings (SSSR count). The fourth-order valence-electron chi connectivity index (χ4n) is 2.21. The minimum atomic E-state index is -0.558. The van der Waals surface area contributed by atoms with Crippen molar-refractivity contribution < 1.29 is 19.1 Å². The number of hydrogen-bond acceptors (Lipinski definition) is 5. The Morgan fingerprint density at radius 3 is 2.70 bits per heavy atom. The maximum atomic E-state index is 12.1. The third-order valence-electron chi connectivity index (χ3n) is 3.40. The molecule has 1 aliphatic rings. The number of amides is 2. The zero-order valence-electron chi connectivity index (χ0n) is 13.1. The van der Waals surface area contributed by atoms with Gasteiger partial charge in [-0.15, -0.1) is 0 Å². The SMILES string of the molecule is COc1cc(/C=C/C(=O)N2CCNCC2)ccc1OCC(N)=O. The molecular formula is C16H21N3O4. The minimum Gasteiger partial charge on any atom is -0.493 e. The summed E-state index contributed by atoms with van der Waals surface area (Å²) in [6.45, 7) is 2.85. The van der Waals surface area contributed by atoms with Crippen molar-refractivity contribution in [3.05, 3.63) is 29.8 Å². The van der Waals surface area contributed by atoms with Crippen LogP contribution in [0.1, 0.15) is 5.56 Å². The molecule has 23 heavy (non-hydrogen) atoms. The van der Waals surface area contributed by atoms with Crippen LogP contribution >= 0.6 is 0 Å². The van der Waals surface area contributed by atoms with Gasteiger partial charge in [0.2, 0.25) is 5.91 Å². The van der Waals surface area contributed by atoms with Gasteiger partial charge in [0.1, 0.15) is 0 Å². The molecule has 1 aromatic rings. The van der Waals surface area contributed by atoms with Crippen molar-refractivity contribution >= 4 is 17.9 Å². The molecule has 0 radical (unpaired) electrons. The molecule has 7 nitrogen and oxygen atoms in total. The predicted octanol–water partition coefficient (Wildman–Crippen LogP) is 0.00430. The van der Waals surface area contributed by atoms with E-state index in [1.165, 1.54) is 7.11 Å². The fraction of sp³-hybridized carbons (Fsp3) is 0.375. The normalized spacial score (nSPS) is 14.7. The molecule has 7 heteroatoms. The first kappa shape index (κ1) is 16.8. The highest BCUT2D eigenvalue weighted by Gasteiger charge is 2.13. The number of nitrogens with two attached hydrogens (primary N) is 1. The lowest BCUT2D eigenvalue weighted by atomic mass is 10.2. The summed E-state index contributed by atoms with van der Waals surface area (Å²) in [4.78, 5) is 24.6. The van der Waals surface area contributed by atoms with Gasteiger partial charge in [-0.05, 0) is 23.8 Å². The molecule has 1 saturated heterocycles. The first-order valence-corrected chi connectivity index (χ1v) is 7.37. The lowest BCUT2D eigenvalue weighted by molar-refractivity contribution is -0.126. The van der Waals surface area contributed by atoms with Crippen LogP contribution in [0.15, 0.2) is 24.3 Å². The summed E-state index contributed by atoms with van der Waals surface area (Å²) in [6, 6.07) is 5.19.